The fourth-order valence-electron chi connectivity index (χ4n) is 0.829. The molecule has 0 aromatic heterocycles. The number of aliphatic imine (C=N–C) groups is 1. The number of nitrogens with zero attached hydrogens (tertiary/aromatic N) is 1. The largest absolute Gasteiger partial charge is 0.391 e. The molecule has 0 bridgehead atoms. The van der Waals surface area contributed by atoms with Gasteiger partial charge in [-0.25, -0.2) is 0 Å². The van der Waals surface area contributed by atoms with Crippen molar-refractivity contribution in [1.29, 1.82) is 0 Å². The van der Waals surface area contributed by atoms with Gasteiger partial charge in [-0.2, -0.15) is 0 Å². The smallest absolute Gasteiger partial charge is 0.185 e. The van der Waals surface area contributed by atoms with E-state index >= 15 is 0 Å². The zero-order chi connectivity index (χ0) is 8.85. The SMILES string of the molecule is CC(C)CC(O)CN=C(N)N. The summed E-state index contributed by atoms with van der Waals surface area (Å²) in [5, 5.41) is 9.25. The van der Waals surface area contributed by atoms with E-state index in [1.807, 2.05) is 13.8 Å². The van der Waals surface area contributed by atoms with Crippen LogP contribution in [-0.2, 0) is 0 Å². The van der Waals surface area contributed by atoms with Crippen molar-refractivity contribution in [3.8, 4) is 0 Å². The minimum atomic E-state index is -0.419. The minimum Gasteiger partial charge on any atom is -0.391 e. The topological polar surface area (TPSA) is 84.6 Å². The summed E-state index contributed by atoms with van der Waals surface area (Å²) in [7, 11) is 0. The van der Waals surface area contributed by atoms with Crippen LogP contribution in [0.1, 0.15) is 20.3 Å². The lowest BCUT2D eigenvalue weighted by Crippen LogP contribution is -2.25. The lowest BCUT2D eigenvalue weighted by Gasteiger charge is -2.09. The summed E-state index contributed by atoms with van der Waals surface area (Å²) in [4.78, 5) is 3.70. The first kappa shape index (κ1) is 10.2. The van der Waals surface area contributed by atoms with Gasteiger partial charge in [0.05, 0.1) is 12.6 Å². The summed E-state index contributed by atoms with van der Waals surface area (Å²) in [5.74, 6) is 0.506. The summed E-state index contributed by atoms with van der Waals surface area (Å²) < 4.78 is 0. The molecule has 0 aliphatic carbocycles. The summed E-state index contributed by atoms with van der Waals surface area (Å²) >= 11 is 0. The number of aliphatic hydroxyl groups excluding tert-OH is 1. The number of hydrogen-bond acceptors (Lipinski definition) is 2. The van der Waals surface area contributed by atoms with Gasteiger partial charge in [0, 0.05) is 0 Å². The van der Waals surface area contributed by atoms with Gasteiger partial charge in [0.15, 0.2) is 5.96 Å². The lowest BCUT2D eigenvalue weighted by atomic mass is 10.1. The van der Waals surface area contributed by atoms with E-state index in [1.54, 1.807) is 0 Å². The predicted octanol–water partition coefficient (Wildman–Crippen LogP) is -0.333. The molecular weight excluding hydrogens is 142 g/mol. The first-order chi connectivity index (χ1) is 5.02. The number of guanidine groups is 1. The Balaban J connectivity index is 3.53. The monoisotopic (exact) mass is 159 g/mol. The van der Waals surface area contributed by atoms with E-state index in [2.05, 4.69) is 4.99 Å². The van der Waals surface area contributed by atoms with Crippen LogP contribution in [0.25, 0.3) is 0 Å². The minimum absolute atomic E-state index is 0.0350. The molecule has 5 N–H and O–H groups in total. The lowest BCUT2D eigenvalue weighted by molar-refractivity contribution is 0.157. The van der Waals surface area contributed by atoms with Crippen LogP contribution in [0.4, 0.5) is 0 Å². The van der Waals surface area contributed by atoms with Crippen LogP contribution in [0.5, 0.6) is 0 Å². The summed E-state index contributed by atoms with van der Waals surface area (Å²) in [5.41, 5.74) is 10.2. The van der Waals surface area contributed by atoms with Gasteiger partial charge < -0.3 is 16.6 Å². The molecule has 1 atom stereocenters. The Kier molecular flexibility index (Phi) is 4.61. The van der Waals surface area contributed by atoms with Gasteiger partial charge in [-0.3, -0.25) is 4.99 Å². The van der Waals surface area contributed by atoms with E-state index in [-0.39, 0.29) is 5.96 Å². The number of rotatable bonds is 4. The zero-order valence-corrected chi connectivity index (χ0v) is 7.12. The Bertz CT molecular complexity index is 130. The molecule has 0 saturated carbocycles. The van der Waals surface area contributed by atoms with Crippen molar-refractivity contribution < 1.29 is 5.11 Å². The molecule has 1 unspecified atom stereocenters. The molecule has 0 fully saturated rings. The van der Waals surface area contributed by atoms with Crippen molar-refractivity contribution >= 4 is 5.96 Å². The number of hydrogen-bond donors (Lipinski definition) is 3. The van der Waals surface area contributed by atoms with Crippen LogP contribution >= 0.6 is 0 Å². The molecule has 0 radical (unpaired) electrons. The van der Waals surface area contributed by atoms with Crippen LogP contribution in [0.3, 0.4) is 0 Å². The van der Waals surface area contributed by atoms with E-state index < -0.39 is 6.10 Å². The highest BCUT2D eigenvalue weighted by Crippen LogP contribution is 2.03. The normalized spacial score (nSPS) is 13.1. The maximum atomic E-state index is 9.25. The second kappa shape index (κ2) is 4.96. The van der Waals surface area contributed by atoms with Crippen molar-refractivity contribution in [2.24, 2.45) is 22.4 Å². The molecule has 11 heavy (non-hydrogen) atoms. The molecule has 0 rings (SSSR count). The van der Waals surface area contributed by atoms with Crippen molar-refractivity contribution in [2.45, 2.75) is 26.4 Å². The van der Waals surface area contributed by atoms with Crippen LogP contribution in [0.15, 0.2) is 4.99 Å². The van der Waals surface area contributed by atoms with Gasteiger partial charge >= 0.3 is 0 Å². The number of nitrogens with two attached hydrogens (primary N) is 2. The molecule has 4 nitrogen and oxygen atoms in total. The van der Waals surface area contributed by atoms with Crippen molar-refractivity contribution in [3.05, 3.63) is 0 Å². The first-order valence-electron chi connectivity index (χ1n) is 3.75. The van der Waals surface area contributed by atoms with Gasteiger partial charge in [-0.15, -0.1) is 0 Å². The second-order valence-electron chi connectivity index (χ2n) is 3.05. The molecule has 4 heteroatoms. The van der Waals surface area contributed by atoms with Crippen molar-refractivity contribution in [2.75, 3.05) is 6.54 Å². The van der Waals surface area contributed by atoms with Crippen LogP contribution in [0, 0.1) is 5.92 Å². The maximum Gasteiger partial charge on any atom is 0.185 e. The van der Waals surface area contributed by atoms with Crippen LogP contribution in [0.2, 0.25) is 0 Å². The zero-order valence-electron chi connectivity index (χ0n) is 7.12. The summed E-state index contributed by atoms with van der Waals surface area (Å²) in [6, 6.07) is 0. The highest BCUT2D eigenvalue weighted by atomic mass is 16.3. The molecule has 0 aromatic carbocycles. The van der Waals surface area contributed by atoms with E-state index in [4.69, 9.17) is 11.5 Å². The van der Waals surface area contributed by atoms with Gasteiger partial charge in [0.1, 0.15) is 0 Å². The Morgan fingerprint density at radius 3 is 2.36 bits per heavy atom. The molecule has 0 spiro atoms. The molecule has 0 aliphatic rings. The third-order valence-corrected chi connectivity index (χ3v) is 1.23. The molecule has 0 amide bonds. The van der Waals surface area contributed by atoms with Crippen LogP contribution in [-0.4, -0.2) is 23.7 Å². The second-order valence-corrected chi connectivity index (χ2v) is 3.05. The van der Waals surface area contributed by atoms with E-state index in [0.717, 1.165) is 6.42 Å². The van der Waals surface area contributed by atoms with Crippen molar-refractivity contribution in [3.63, 3.8) is 0 Å². The van der Waals surface area contributed by atoms with E-state index in [9.17, 15) is 5.11 Å². The highest BCUT2D eigenvalue weighted by molar-refractivity contribution is 5.75. The standard InChI is InChI=1S/C7H17N3O/c1-5(2)3-6(11)4-10-7(8)9/h5-6,11H,3-4H2,1-2H3,(H4,8,9,10). The number of aliphatic hydroxyl groups is 1. The summed E-state index contributed by atoms with van der Waals surface area (Å²) in [6.45, 7) is 4.39. The highest BCUT2D eigenvalue weighted by Gasteiger charge is 2.04. The predicted molar refractivity (Wildman–Crippen MR) is 46.1 cm³/mol. The molecular formula is C7H17N3O. The van der Waals surface area contributed by atoms with Crippen molar-refractivity contribution in [1.82, 2.24) is 0 Å². The van der Waals surface area contributed by atoms with Gasteiger partial charge in [-0.1, -0.05) is 13.8 Å². The van der Waals surface area contributed by atoms with Gasteiger partial charge in [0.25, 0.3) is 0 Å². The Hall–Kier alpha value is -0.770. The quantitative estimate of drug-likeness (QED) is 0.388. The van der Waals surface area contributed by atoms with E-state index in [0.29, 0.717) is 12.5 Å². The third-order valence-electron chi connectivity index (χ3n) is 1.23. The van der Waals surface area contributed by atoms with Gasteiger partial charge in [-0.05, 0) is 12.3 Å². The maximum absolute atomic E-state index is 9.25. The fraction of sp³-hybridized carbons (Fsp3) is 0.857. The van der Waals surface area contributed by atoms with Crippen LogP contribution < -0.4 is 11.5 Å². The molecule has 0 aliphatic heterocycles. The average molecular weight is 159 g/mol. The molecule has 0 aromatic rings. The average Bonchev–Trinajstić information content (AvgIpc) is 1.82. The Morgan fingerprint density at radius 1 is 1.45 bits per heavy atom. The molecule has 0 heterocycles. The first-order valence-corrected chi connectivity index (χ1v) is 3.75. The molecule has 0 saturated heterocycles. The van der Waals surface area contributed by atoms with Gasteiger partial charge in [0.2, 0.25) is 0 Å². The Morgan fingerprint density at radius 2 is 2.00 bits per heavy atom. The van der Waals surface area contributed by atoms with E-state index in [1.165, 1.54) is 0 Å². The summed E-state index contributed by atoms with van der Waals surface area (Å²) in [6.07, 6.45) is 0.314. The third kappa shape index (κ3) is 7.12. The Labute approximate surface area is 67.3 Å². The fourth-order valence-corrected chi connectivity index (χ4v) is 0.829. The molecule has 66 valence electrons.